The Hall–Kier alpha value is -4.23. The van der Waals surface area contributed by atoms with Gasteiger partial charge in [0.15, 0.2) is 0 Å². The summed E-state index contributed by atoms with van der Waals surface area (Å²) in [5.74, 6) is -5.82. The highest BCUT2D eigenvalue weighted by Crippen LogP contribution is 2.30. The second-order valence-corrected chi connectivity index (χ2v) is 5.59. The molecule has 1 rings (SSSR count). The zero-order valence-corrected chi connectivity index (χ0v) is 15.3. The van der Waals surface area contributed by atoms with Crippen molar-refractivity contribution in [3.05, 3.63) is 33.4 Å². The fraction of sp³-hybridized carbons (Fsp3) is 0.333. The van der Waals surface area contributed by atoms with Crippen LogP contribution in [0, 0.1) is 0 Å². The maximum atomic E-state index is 11.9. The van der Waals surface area contributed by atoms with Crippen LogP contribution in [0.1, 0.15) is 47.8 Å². The molecular weight excluding hydrogens is 402 g/mol. The first-order valence-electron chi connectivity index (χ1n) is 8.27. The maximum Gasteiger partial charge on any atom is 0.234 e. The van der Waals surface area contributed by atoms with Gasteiger partial charge in [0.05, 0.1) is 37.5 Å². The molecule has 0 aliphatic heterocycles. The van der Waals surface area contributed by atoms with Crippen molar-refractivity contribution in [1.29, 1.82) is 0 Å². The standard InChI is InChI=1S/C18H15N3O9/c22-7-19-4-1-10-11(2-5-20-8-23)14(17(27)28)15(18(29)30)12(3-6-21-9-24)13(10)16(25)26/h1-6H2,(H,25,26)(H,27,28)(H,29,30)/p-3. The summed E-state index contributed by atoms with van der Waals surface area (Å²) in [5, 5.41) is 35.4. The van der Waals surface area contributed by atoms with E-state index in [1.807, 2.05) is 0 Å². The summed E-state index contributed by atoms with van der Waals surface area (Å²) in [6, 6.07) is 0. The molecule has 0 fully saturated rings. The van der Waals surface area contributed by atoms with E-state index < -0.39 is 53.1 Å². The second-order valence-electron chi connectivity index (χ2n) is 5.59. The number of rotatable bonds is 12. The lowest BCUT2D eigenvalue weighted by Crippen LogP contribution is -2.36. The number of hydrogen-bond donors (Lipinski definition) is 0. The topological polar surface area (TPSA) is 209 Å². The Morgan fingerprint density at radius 3 is 1.20 bits per heavy atom. The molecule has 0 heterocycles. The summed E-state index contributed by atoms with van der Waals surface area (Å²) in [4.78, 5) is 76.1. The Morgan fingerprint density at radius 1 is 0.567 bits per heavy atom. The number of benzene rings is 1. The first-order chi connectivity index (χ1) is 14.3. The molecule has 12 nitrogen and oxygen atoms in total. The van der Waals surface area contributed by atoms with Gasteiger partial charge in [-0.3, -0.25) is 0 Å². The number of isocyanates is 3. The Labute approximate surface area is 168 Å². The molecule has 0 bridgehead atoms. The van der Waals surface area contributed by atoms with E-state index in [1.54, 1.807) is 0 Å². The van der Waals surface area contributed by atoms with Gasteiger partial charge in [-0.2, -0.15) is 0 Å². The molecule has 0 N–H and O–H groups in total. The van der Waals surface area contributed by atoms with Crippen molar-refractivity contribution in [2.75, 3.05) is 19.6 Å². The monoisotopic (exact) mass is 414 g/mol. The third-order valence-corrected chi connectivity index (χ3v) is 4.05. The van der Waals surface area contributed by atoms with Crippen LogP contribution in [-0.4, -0.2) is 55.8 Å². The fourth-order valence-electron chi connectivity index (χ4n) is 3.05. The molecule has 0 saturated carbocycles. The highest BCUT2D eigenvalue weighted by molar-refractivity contribution is 6.06. The van der Waals surface area contributed by atoms with Crippen LogP contribution in [0.5, 0.6) is 0 Å². The number of hydrogen-bond acceptors (Lipinski definition) is 12. The lowest BCUT2D eigenvalue weighted by atomic mass is 9.82. The quantitative estimate of drug-likeness (QED) is 0.244. The van der Waals surface area contributed by atoms with Crippen molar-refractivity contribution in [2.45, 2.75) is 19.3 Å². The second kappa shape index (κ2) is 11.6. The van der Waals surface area contributed by atoms with Gasteiger partial charge in [-0.25, -0.2) is 29.4 Å². The van der Waals surface area contributed by atoms with Gasteiger partial charge in [0.1, 0.15) is 0 Å². The first-order valence-corrected chi connectivity index (χ1v) is 8.27. The maximum absolute atomic E-state index is 11.9. The molecule has 0 aromatic heterocycles. The van der Waals surface area contributed by atoms with Crippen molar-refractivity contribution in [2.24, 2.45) is 15.0 Å². The summed E-state index contributed by atoms with van der Waals surface area (Å²) in [6.07, 6.45) is 2.48. The van der Waals surface area contributed by atoms with E-state index in [2.05, 4.69) is 15.0 Å². The van der Waals surface area contributed by atoms with Crippen LogP contribution in [-0.2, 0) is 33.6 Å². The van der Waals surface area contributed by atoms with Crippen LogP contribution >= 0.6 is 0 Å². The van der Waals surface area contributed by atoms with Crippen LogP contribution in [0.15, 0.2) is 15.0 Å². The Balaban J connectivity index is 4.06. The fourth-order valence-corrected chi connectivity index (χ4v) is 3.05. The number of aromatic carboxylic acids is 3. The molecule has 0 radical (unpaired) electrons. The molecule has 0 spiro atoms. The van der Waals surface area contributed by atoms with Crippen LogP contribution in [0.4, 0.5) is 0 Å². The number of carbonyl (C=O) groups excluding carboxylic acids is 6. The Morgan fingerprint density at radius 2 is 0.867 bits per heavy atom. The molecule has 0 aliphatic carbocycles. The van der Waals surface area contributed by atoms with E-state index in [0.717, 1.165) is 0 Å². The molecule has 12 heteroatoms. The summed E-state index contributed by atoms with van der Waals surface area (Å²) >= 11 is 0. The van der Waals surface area contributed by atoms with Crippen LogP contribution in [0.3, 0.4) is 0 Å². The van der Waals surface area contributed by atoms with Crippen molar-refractivity contribution >= 4 is 36.1 Å². The number of aliphatic imine (C=N–C) groups is 3. The minimum atomic E-state index is -2.01. The van der Waals surface area contributed by atoms with E-state index in [0.29, 0.717) is 0 Å². The lowest BCUT2D eigenvalue weighted by Gasteiger charge is -2.27. The molecule has 1 aromatic carbocycles. The average Bonchev–Trinajstić information content (AvgIpc) is 2.68. The summed E-state index contributed by atoms with van der Waals surface area (Å²) in [5.41, 5.74) is -3.56. The van der Waals surface area contributed by atoms with Gasteiger partial charge in [0, 0.05) is 16.7 Å². The number of carbonyl (C=O) groups is 3. The largest absolute Gasteiger partial charge is 0.545 e. The molecule has 1 aromatic rings. The molecule has 156 valence electrons. The predicted octanol–water partition coefficient (Wildman–Crippen LogP) is -3.59. The highest BCUT2D eigenvalue weighted by atomic mass is 16.4. The van der Waals surface area contributed by atoms with Crippen molar-refractivity contribution < 1.29 is 44.1 Å². The SMILES string of the molecule is O=C=NCCc1c(CCN=C=O)c(C(=O)[O-])c(C(=O)[O-])c(CCN=C=O)c1C(=O)[O-]. The molecule has 0 saturated heterocycles. The normalized spacial score (nSPS) is 9.60. The van der Waals surface area contributed by atoms with Gasteiger partial charge in [-0.05, 0) is 36.0 Å². The molecule has 0 amide bonds. The molecule has 0 atom stereocenters. The van der Waals surface area contributed by atoms with Crippen molar-refractivity contribution in [3.63, 3.8) is 0 Å². The van der Waals surface area contributed by atoms with E-state index in [1.165, 1.54) is 18.2 Å². The average molecular weight is 414 g/mol. The molecule has 30 heavy (non-hydrogen) atoms. The van der Waals surface area contributed by atoms with Gasteiger partial charge in [0.25, 0.3) is 0 Å². The van der Waals surface area contributed by atoms with Gasteiger partial charge in [0.2, 0.25) is 18.2 Å². The predicted molar refractivity (Wildman–Crippen MR) is 89.5 cm³/mol. The third kappa shape index (κ3) is 5.63. The zero-order chi connectivity index (χ0) is 22.7. The summed E-state index contributed by atoms with van der Waals surface area (Å²) in [7, 11) is 0. The molecular formula is C18H12N3O9-3. The first kappa shape index (κ1) is 23.8. The smallest absolute Gasteiger partial charge is 0.234 e. The van der Waals surface area contributed by atoms with Gasteiger partial charge in [-0.1, -0.05) is 0 Å². The van der Waals surface area contributed by atoms with E-state index in [9.17, 15) is 44.1 Å². The summed E-state index contributed by atoms with van der Waals surface area (Å²) in [6.45, 7) is -1.06. The molecule has 0 aliphatic rings. The number of carboxylic acids is 3. The van der Waals surface area contributed by atoms with Gasteiger partial charge >= 0.3 is 0 Å². The third-order valence-electron chi connectivity index (χ3n) is 4.05. The van der Waals surface area contributed by atoms with E-state index in [-0.39, 0.29) is 37.1 Å². The summed E-state index contributed by atoms with van der Waals surface area (Å²) < 4.78 is 0. The van der Waals surface area contributed by atoms with Crippen LogP contribution in [0.25, 0.3) is 0 Å². The Bertz CT molecular complexity index is 1010. The minimum absolute atomic E-state index is 0.204. The number of nitrogens with zero attached hydrogens (tertiary/aromatic N) is 3. The van der Waals surface area contributed by atoms with E-state index in [4.69, 9.17) is 0 Å². The number of carboxylic acid groups (broad SMARTS) is 3. The lowest BCUT2D eigenvalue weighted by molar-refractivity contribution is -0.260. The minimum Gasteiger partial charge on any atom is -0.545 e. The van der Waals surface area contributed by atoms with Gasteiger partial charge < -0.3 is 29.7 Å². The highest BCUT2D eigenvalue weighted by Gasteiger charge is 2.25. The van der Waals surface area contributed by atoms with Crippen molar-refractivity contribution in [3.8, 4) is 0 Å². The van der Waals surface area contributed by atoms with Crippen LogP contribution < -0.4 is 15.3 Å². The van der Waals surface area contributed by atoms with Crippen molar-refractivity contribution in [1.82, 2.24) is 0 Å². The van der Waals surface area contributed by atoms with Gasteiger partial charge in [-0.15, -0.1) is 0 Å². The zero-order valence-electron chi connectivity index (χ0n) is 15.3. The molecule has 0 unspecified atom stereocenters. The Kier molecular flexibility index (Phi) is 9.19. The van der Waals surface area contributed by atoms with E-state index >= 15 is 0 Å². The van der Waals surface area contributed by atoms with Crippen LogP contribution in [0.2, 0.25) is 0 Å².